The fourth-order valence-corrected chi connectivity index (χ4v) is 2.66. The fraction of sp³-hybridized carbons (Fsp3) is 0.500. The number of nitrogens with zero attached hydrogens (tertiary/aromatic N) is 1. The molecule has 122 valence electrons. The second-order valence-corrected chi connectivity index (χ2v) is 5.40. The van der Waals surface area contributed by atoms with Crippen molar-refractivity contribution in [2.24, 2.45) is 0 Å². The van der Waals surface area contributed by atoms with E-state index in [9.17, 15) is 9.59 Å². The lowest BCUT2D eigenvalue weighted by Crippen LogP contribution is -2.42. The lowest BCUT2D eigenvalue weighted by molar-refractivity contribution is -0.114. The van der Waals surface area contributed by atoms with Crippen LogP contribution in [0.15, 0.2) is 24.3 Å². The Labute approximate surface area is 137 Å². The highest BCUT2D eigenvalue weighted by Crippen LogP contribution is 2.16. The molecule has 1 aromatic carbocycles. The van der Waals surface area contributed by atoms with E-state index in [-0.39, 0.29) is 30.3 Å². The zero-order valence-electron chi connectivity index (χ0n) is 13.1. The van der Waals surface area contributed by atoms with Crippen LogP contribution in [0.3, 0.4) is 0 Å². The summed E-state index contributed by atoms with van der Waals surface area (Å²) in [6.45, 7) is 6.17. The predicted molar refractivity (Wildman–Crippen MR) is 90.6 cm³/mol. The van der Waals surface area contributed by atoms with E-state index in [4.69, 9.17) is 0 Å². The second-order valence-electron chi connectivity index (χ2n) is 5.40. The topological polar surface area (TPSA) is 61.4 Å². The molecule has 0 aromatic heterocycles. The summed E-state index contributed by atoms with van der Waals surface area (Å²) in [6, 6.07) is 7.38. The number of hydrogen-bond acceptors (Lipinski definition) is 3. The molecule has 0 radical (unpaired) electrons. The van der Waals surface area contributed by atoms with Gasteiger partial charge in [-0.15, -0.1) is 12.4 Å². The van der Waals surface area contributed by atoms with Gasteiger partial charge in [-0.2, -0.15) is 0 Å². The van der Waals surface area contributed by atoms with Crippen LogP contribution in [-0.2, 0) is 4.79 Å². The summed E-state index contributed by atoms with van der Waals surface area (Å²) in [6.07, 6.45) is 1.96. The van der Waals surface area contributed by atoms with Crippen LogP contribution in [0.1, 0.15) is 37.0 Å². The third-order valence-corrected chi connectivity index (χ3v) is 3.65. The van der Waals surface area contributed by atoms with Gasteiger partial charge in [0, 0.05) is 37.3 Å². The van der Waals surface area contributed by atoms with Crippen LogP contribution in [0.4, 0.5) is 5.69 Å². The van der Waals surface area contributed by atoms with Crippen LogP contribution >= 0.6 is 12.4 Å². The first-order chi connectivity index (χ1) is 10.1. The Kier molecular flexibility index (Phi) is 7.35. The zero-order valence-corrected chi connectivity index (χ0v) is 13.9. The third-order valence-electron chi connectivity index (χ3n) is 3.65. The van der Waals surface area contributed by atoms with E-state index >= 15 is 0 Å². The molecule has 0 aliphatic carbocycles. The van der Waals surface area contributed by atoms with Crippen molar-refractivity contribution in [3.8, 4) is 0 Å². The molecule has 1 atom stereocenters. The standard InChI is InChI=1S/C16H23N3O2.ClH/c1-3-10-19(15-8-9-17-11-15)16(21)13-4-6-14(7-5-13)18-12(2)20;/h4-7,15,17H,3,8-11H2,1-2H3,(H,18,20);1H. The van der Waals surface area contributed by atoms with Gasteiger partial charge in [-0.25, -0.2) is 0 Å². The minimum Gasteiger partial charge on any atom is -0.334 e. The Bertz CT molecular complexity index is 499. The van der Waals surface area contributed by atoms with Crippen molar-refractivity contribution in [2.45, 2.75) is 32.7 Å². The molecule has 6 heteroatoms. The van der Waals surface area contributed by atoms with Crippen LogP contribution in [0.25, 0.3) is 0 Å². The molecule has 1 heterocycles. The van der Waals surface area contributed by atoms with Crippen LogP contribution in [0.5, 0.6) is 0 Å². The molecule has 5 nitrogen and oxygen atoms in total. The van der Waals surface area contributed by atoms with Gasteiger partial charge in [-0.3, -0.25) is 9.59 Å². The molecule has 1 aliphatic heterocycles. The minimum absolute atomic E-state index is 0. The highest BCUT2D eigenvalue weighted by molar-refractivity contribution is 5.95. The van der Waals surface area contributed by atoms with Crippen molar-refractivity contribution in [1.82, 2.24) is 10.2 Å². The highest BCUT2D eigenvalue weighted by Gasteiger charge is 2.26. The average molecular weight is 326 g/mol. The number of carbonyl (C=O) groups is 2. The minimum atomic E-state index is -0.112. The Morgan fingerprint density at radius 3 is 2.50 bits per heavy atom. The molecule has 1 fully saturated rings. The van der Waals surface area contributed by atoms with Gasteiger partial charge in [0.25, 0.3) is 5.91 Å². The first-order valence-electron chi connectivity index (χ1n) is 7.51. The summed E-state index contributed by atoms with van der Waals surface area (Å²) < 4.78 is 0. The molecule has 0 bridgehead atoms. The zero-order chi connectivity index (χ0) is 15.2. The third kappa shape index (κ3) is 4.71. The van der Waals surface area contributed by atoms with E-state index in [1.54, 1.807) is 24.3 Å². The first kappa shape index (κ1) is 18.5. The number of anilines is 1. The van der Waals surface area contributed by atoms with Gasteiger partial charge >= 0.3 is 0 Å². The SMILES string of the molecule is CCCN(C(=O)c1ccc(NC(C)=O)cc1)C1CCNC1.Cl. The van der Waals surface area contributed by atoms with Crippen molar-refractivity contribution in [3.05, 3.63) is 29.8 Å². The van der Waals surface area contributed by atoms with Crippen molar-refractivity contribution >= 4 is 29.9 Å². The van der Waals surface area contributed by atoms with E-state index in [2.05, 4.69) is 17.6 Å². The number of rotatable bonds is 5. The van der Waals surface area contributed by atoms with Gasteiger partial charge in [0.05, 0.1) is 0 Å². The Hall–Kier alpha value is -1.59. The summed E-state index contributed by atoms with van der Waals surface area (Å²) >= 11 is 0. The molecule has 2 N–H and O–H groups in total. The number of benzene rings is 1. The lowest BCUT2D eigenvalue weighted by Gasteiger charge is -2.28. The highest BCUT2D eigenvalue weighted by atomic mass is 35.5. The number of amides is 2. The molecule has 1 saturated heterocycles. The van der Waals surface area contributed by atoms with Gasteiger partial charge in [-0.1, -0.05) is 6.92 Å². The van der Waals surface area contributed by atoms with Crippen molar-refractivity contribution < 1.29 is 9.59 Å². The number of nitrogens with one attached hydrogen (secondary N) is 2. The molecule has 0 spiro atoms. The van der Waals surface area contributed by atoms with Gasteiger partial charge in [0.1, 0.15) is 0 Å². The van der Waals surface area contributed by atoms with Crippen LogP contribution in [0, 0.1) is 0 Å². The summed E-state index contributed by atoms with van der Waals surface area (Å²) in [5.41, 5.74) is 1.38. The van der Waals surface area contributed by atoms with Crippen molar-refractivity contribution in [1.29, 1.82) is 0 Å². The largest absolute Gasteiger partial charge is 0.334 e. The van der Waals surface area contributed by atoms with Crippen molar-refractivity contribution in [2.75, 3.05) is 25.0 Å². The number of halogens is 1. The number of hydrogen-bond donors (Lipinski definition) is 2. The number of carbonyl (C=O) groups excluding carboxylic acids is 2. The van der Waals surface area contributed by atoms with Gasteiger partial charge < -0.3 is 15.5 Å². The molecular weight excluding hydrogens is 302 g/mol. The predicted octanol–water partition coefficient (Wildman–Crippen LogP) is 2.28. The monoisotopic (exact) mass is 325 g/mol. The molecule has 2 amide bonds. The Morgan fingerprint density at radius 2 is 2.00 bits per heavy atom. The summed E-state index contributed by atoms with van der Waals surface area (Å²) in [5.74, 6) is -0.0429. The summed E-state index contributed by atoms with van der Waals surface area (Å²) in [7, 11) is 0. The average Bonchev–Trinajstić information content (AvgIpc) is 2.98. The molecule has 1 aliphatic rings. The molecule has 1 unspecified atom stereocenters. The maximum absolute atomic E-state index is 12.7. The van der Waals surface area contributed by atoms with Gasteiger partial charge in [0.2, 0.25) is 5.91 Å². The summed E-state index contributed by atoms with van der Waals surface area (Å²) in [4.78, 5) is 25.6. The van der Waals surface area contributed by atoms with E-state index < -0.39 is 0 Å². The van der Waals surface area contributed by atoms with Gasteiger partial charge in [0.15, 0.2) is 0 Å². The molecule has 22 heavy (non-hydrogen) atoms. The smallest absolute Gasteiger partial charge is 0.254 e. The van der Waals surface area contributed by atoms with E-state index in [1.165, 1.54) is 6.92 Å². The maximum atomic E-state index is 12.7. The fourth-order valence-electron chi connectivity index (χ4n) is 2.66. The normalized spacial score (nSPS) is 16.7. The Morgan fingerprint density at radius 1 is 1.32 bits per heavy atom. The molecular formula is C16H24ClN3O2. The quantitative estimate of drug-likeness (QED) is 0.873. The van der Waals surface area contributed by atoms with E-state index in [1.807, 2.05) is 4.90 Å². The van der Waals surface area contributed by atoms with Crippen LogP contribution < -0.4 is 10.6 Å². The van der Waals surface area contributed by atoms with Crippen LogP contribution in [-0.4, -0.2) is 42.4 Å². The summed E-state index contributed by atoms with van der Waals surface area (Å²) in [5, 5.41) is 6.01. The van der Waals surface area contributed by atoms with Crippen LogP contribution in [0.2, 0.25) is 0 Å². The van der Waals surface area contributed by atoms with Gasteiger partial charge in [-0.05, 0) is 43.7 Å². The second kappa shape index (κ2) is 8.76. The van der Waals surface area contributed by atoms with E-state index in [0.29, 0.717) is 11.3 Å². The van der Waals surface area contributed by atoms with E-state index in [0.717, 1.165) is 32.5 Å². The molecule has 2 rings (SSSR count). The Balaban J connectivity index is 0.00000242. The lowest BCUT2D eigenvalue weighted by atomic mass is 10.1. The van der Waals surface area contributed by atoms with Crippen molar-refractivity contribution in [3.63, 3.8) is 0 Å². The maximum Gasteiger partial charge on any atom is 0.254 e. The molecule has 1 aromatic rings. The first-order valence-corrected chi connectivity index (χ1v) is 7.51. The molecule has 0 saturated carbocycles.